The standard InChI is InChI=1S/C12H15N3O2S/c1-7-4-5-9(17-7)6-15(3)11(16)10-8(2)14-12(13)18-10/h4-5H,6H2,1-3H3,(H2,13,14). The summed E-state index contributed by atoms with van der Waals surface area (Å²) in [4.78, 5) is 18.4. The summed E-state index contributed by atoms with van der Waals surface area (Å²) in [6.07, 6.45) is 0. The fourth-order valence-corrected chi connectivity index (χ4v) is 2.49. The van der Waals surface area contributed by atoms with E-state index in [1.807, 2.05) is 19.1 Å². The molecule has 0 bridgehead atoms. The second-order valence-corrected chi connectivity index (χ2v) is 5.17. The summed E-state index contributed by atoms with van der Waals surface area (Å²) in [6.45, 7) is 4.09. The highest BCUT2D eigenvalue weighted by atomic mass is 32.1. The smallest absolute Gasteiger partial charge is 0.266 e. The highest BCUT2D eigenvalue weighted by molar-refractivity contribution is 7.17. The maximum atomic E-state index is 12.2. The van der Waals surface area contributed by atoms with Crippen LogP contribution in [0.5, 0.6) is 0 Å². The lowest BCUT2D eigenvalue weighted by atomic mass is 10.3. The number of carbonyl (C=O) groups excluding carboxylic acids is 1. The van der Waals surface area contributed by atoms with Gasteiger partial charge in [-0.1, -0.05) is 11.3 Å². The zero-order valence-corrected chi connectivity index (χ0v) is 11.4. The number of aryl methyl sites for hydroxylation is 2. The molecule has 0 spiro atoms. The topological polar surface area (TPSA) is 72.4 Å². The SMILES string of the molecule is Cc1ccc(CN(C)C(=O)c2sc(N)nc2C)o1. The molecular weight excluding hydrogens is 250 g/mol. The average Bonchev–Trinajstić information content (AvgIpc) is 2.84. The van der Waals surface area contributed by atoms with Gasteiger partial charge in [-0.15, -0.1) is 0 Å². The molecular formula is C12H15N3O2S. The van der Waals surface area contributed by atoms with E-state index >= 15 is 0 Å². The second-order valence-electron chi connectivity index (χ2n) is 4.14. The second kappa shape index (κ2) is 4.81. The molecule has 1 amide bonds. The fourth-order valence-electron chi connectivity index (χ4n) is 1.66. The molecule has 0 fully saturated rings. The van der Waals surface area contributed by atoms with Gasteiger partial charge in [0, 0.05) is 7.05 Å². The maximum Gasteiger partial charge on any atom is 0.266 e. The third-order valence-electron chi connectivity index (χ3n) is 2.54. The van der Waals surface area contributed by atoms with Crippen LogP contribution < -0.4 is 5.73 Å². The van der Waals surface area contributed by atoms with Crippen molar-refractivity contribution in [1.29, 1.82) is 0 Å². The third-order valence-corrected chi connectivity index (χ3v) is 3.52. The molecule has 0 aliphatic heterocycles. The van der Waals surface area contributed by atoms with Crippen molar-refractivity contribution in [1.82, 2.24) is 9.88 Å². The summed E-state index contributed by atoms with van der Waals surface area (Å²) >= 11 is 1.21. The summed E-state index contributed by atoms with van der Waals surface area (Å²) in [5.41, 5.74) is 6.26. The minimum Gasteiger partial charge on any atom is -0.464 e. The number of nitrogen functional groups attached to an aromatic ring is 1. The minimum atomic E-state index is -0.0873. The zero-order chi connectivity index (χ0) is 13.3. The number of rotatable bonds is 3. The first-order chi connectivity index (χ1) is 8.47. The normalized spacial score (nSPS) is 10.6. The van der Waals surface area contributed by atoms with E-state index in [0.717, 1.165) is 11.5 Å². The van der Waals surface area contributed by atoms with Crippen LogP contribution in [0.1, 0.15) is 26.9 Å². The van der Waals surface area contributed by atoms with Crippen LogP contribution in [0.15, 0.2) is 16.5 Å². The van der Waals surface area contributed by atoms with Gasteiger partial charge in [0.15, 0.2) is 5.13 Å². The van der Waals surface area contributed by atoms with Gasteiger partial charge < -0.3 is 15.1 Å². The predicted molar refractivity (Wildman–Crippen MR) is 70.5 cm³/mol. The van der Waals surface area contributed by atoms with Gasteiger partial charge in [-0.05, 0) is 26.0 Å². The van der Waals surface area contributed by atoms with Gasteiger partial charge in [-0.25, -0.2) is 4.98 Å². The molecule has 0 unspecified atom stereocenters. The van der Waals surface area contributed by atoms with Crippen LogP contribution in [-0.2, 0) is 6.54 Å². The Morgan fingerprint density at radius 3 is 2.72 bits per heavy atom. The van der Waals surface area contributed by atoms with E-state index in [-0.39, 0.29) is 5.91 Å². The molecule has 0 saturated heterocycles. The number of amides is 1. The fraction of sp³-hybridized carbons (Fsp3) is 0.333. The molecule has 0 saturated carbocycles. The quantitative estimate of drug-likeness (QED) is 0.923. The average molecular weight is 265 g/mol. The van der Waals surface area contributed by atoms with Crippen LogP contribution >= 0.6 is 11.3 Å². The number of aromatic nitrogens is 1. The van der Waals surface area contributed by atoms with Crippen LogP contribution in [0.3, 0.4) is 0 Å². The summed E-state index contributed by atoms with van der Waals surface area (Å²) in [7, 11) is 1.73. The van der Waals surface area contributed by atoms with E-state index in [2.05, 4.69) is 4.98 Å². The largest absolute Gasteiger partial charge is 0.464 e. The van der Waals surface area contributed by atoms with Gasteiger partial charge in [0.1, 0.15) is 16.4 Å². The molecule has 6 heteroatoms. The number of hydrogen-bond donors (Lipinski definition) is 1. The zero-order valence-electron chi connectivity index (χ0n) is 10.6. The summed E-state index contributed by atoms with van der Waals surface area (Å²) in [6, 6.07) is 3.75. The first-order valence-corrected chi connectivity index (χ1v) is 6.32. The van der Waals surface area contributed by atoms with E-state index in [1.54, 1.807) is 18.9 Å². The van der Waals surface area contributed by atoms with Crippen molar-refractivity contribution in [3.05, 3.63) is 34.2 Å². The van der Waals surface area contributed by atoms with E-state index in [9.17, 15) is 4.79 Å². The molecule has 0 radical (unpaired) electrons. The van der Waals surface area contributed by atoms with Crippen molar-refractivity contribution in [3.63, 3.8) is 0 Å². The highest BCUT2D eigenvalue weighted by Gasteiger charge is 2.19. The van der Waals surface area contributed by atoms with E-state index in [0.29, 0.717) is 22.2 Å². The highest BCUT2D eigenvalue weighted by Crippen LogP contribution is 2.21. The Labute approximate surface area is 109 Å². The Balaban J connectivity index is 2.11. The number of carbonyl (C=O) groups is 1. The predicted octanol–water partition coefficient (Wildman–Crippen LogP) is 2.21. The molecule has 2 aromatic heterocycles. The van der Waals surface area contributed by atoms with Gasteiger partial charge in [-0.3, -0.25) is 4.79 Å². The number of nitrogens with zero attached hydrogens (tertiary/aromatic N) is 2. The molecule has 18 heavy (non-hydrogen) atoms. The molecule has 0 aromatic carbocycles. The van der Waals surface area contributed by atoms with Crippen molar-refractivity contribution in [2.45, 2.75) is 20.4 Å². The molecule has 2 aromatic rings. The molecule has 0 atom stereocenters. The van der Waals surface area contributed by atoms with Crippen LogP contribution in [0, 0.1) is 13.8 Å². The van der Waals surface area contributed by atoms with Crippen molar-refractivity contribution in [2.75, 3.05) is 12.8 Å². The Morgan fingerprint density at radius 2 is 2.22 bits per heavy atom. The summed E-state index contributed by atoms with van der Waals surface area (Å²) in [5, 5.41) is 0.415. The number of thiazole rings is 1. The number of nitrogens with two attached hydrogens (primary N) is 1. The van der Waals surface area contributed by atoms with Crippen molar-refractivity contribution in [2.24, 2.45) is 0 Å². The first kappa shape index (κ1) is 12.6. The summed E-state index contributed by atoms with van der Waals surface area (Å²) in [5.74, 6) is 1.51. The Hall–Kier alpha value is -1.82. The number of hydrogen-bond acceptors (Lipinski definition) is 5. The minimum absolute atomic E-state index is 0.0873. The lowest BCUT2D eigenvalue weighted by Gasteiger charge is -2.14. The van der Waals surface area contributed by atoms with E-state index < -0.39 is 0 Å². The molecule has 2 heterocycles. The van der Waals surface area contributed by atoms with Crippen molar-refractivity contribution >= 4 is 22.4 Å². The third kappa shape index (κ3) is 2.53. The molecule has 2 N–H and O–H groups in total. The lowest BCUT2D eigenvalue weighted by molar-refractivity contribution is 0.0779. The van der Waals surface area contributed by atoms with Crippen molar-refractivity contribution < 1.29 is 9.21 Å². The van der Waals surface area contributed by atoms with Gasteiger partial charge in [0.2, 0.25) is 0 Å². The molecule has 0 aliphatic rings. The van der Waals surface area contributed by atoms with Crippen LogP contribution in [-0.4, -0.2) is 22.8 Å². The van der Waals surface area contributed by atoms with Gasteiger partial charge >= 0.3 is 0 Å². The van der Waals surface area contributed by atoms with E-state index in [4.69, 9.17) is 10.2 Å². The number of furan rings is 1. The molecule has 0 aliphatic carbocycles. The van der Waals surface area contributed by atoms with Crippen LogP contribution in [0.25, 0.3) is 0 Å². The van der Waals surface area contributed by atoms with Crippen molar-refractivity contribution in [3.8, 4) is 0 Å². The lowest BCUT2D eigenvalue weighted by Crippen LogP contribution is -2.25. The molecule has 5 nitrogen and oxygen atoms in total. The Morgan fingerprint density at radius 1 is 1.50 bits per heavy atom. The van der Waals surface area contributed by atoms with E-state index in [1.165, 1.54) is 11.3 Å². The Kier molecular flexibility index (Phi) is 3.38. The summed E-state index contributed by atoms with van der Waals surface area (Å²) < 4.78 is 5.44. The van der Waals surface area contributed by atoms with Gasteiger partial charge in [0.05, 0.1) is 12.2 Å². The van der Waals surface area contributed by atoms with Gasteiger partial charge in [0.25, 0.3) is 5.91 Å². The van der Waals surface area contributed by atoms with Crippen LogP contribution in [0.2, 0.25) is 0 Å². The molecule has 96 valence electrons. The first-order valence-electron chi connectivity index (χ1n) is 5.51. The monoisotopic (exact) mass is 265 g/mol. The van der Waals surface area contributed by atoms with Gasteiger partial charge in [-0.2, -0.15) is 0 Å². The molecule has 2 rings (SSSR count). The van der Waals surface area contributed by atoms with Crippen LogP contribution in [0.4, 0.5) is 5.13 Å². The number of anilines is 1. The Bertz CT molecular complexity index is 574. The maximum absolute atomic E-state index is 12.2.